The molecule has 4 nitrogen and oxygen atoms in total. The van der Waals surface area contributed by atoms with Gasteiger partial charge in [-0.1, -0.05) is 36.4 Å². The maximum Gasteiger partial charge on any atom is 0.252 e. The molecule has 0 bridgehead atoms. The number of carbonyl (C=O) groups excluding carboxylic acids is 1. The van der Waals surface area contributed by atoms with Crippen LogP contribution in [0, 0.1) is 27.7 Å². The molecule has 0 aliphatic carbocycles. The number of carbonyl (C=O) groups is 1. The minimum atomic E-state index is -0.176. The van der Waals surface area contributed by atoms with E-state index in [9.17, 15) is 4.79 Å². The predicted molar refractivity (Wildman–Crippen MR) is 128 cm³/mol. The van der Waals surface area contributed by atoms with Gasteiger partial charge in [0.25, 0.3) is 5.91 Å². The van der Waals surface area contributed by atoms with Gasteiger partial charge in [-0.2, -0.15) is 5.10 Å². The van der Waals surface area contributed by atoms with E-state index in [1.165, 1.54) is 16.7 Å². The van der Waals surface area contributed by atoms with Crippen molar-refractivity contribution < 1.29 is 4.79 Å². The number of hydrogen-bond donors (Lipinski definition) is 1. The summed E-state index contributed by atoms with van der Waals surface area (Å²) in [5, 5.41) is 4.03. The van der Waals surface area contributed by atoms with Crippen molar-refractivity contribution >= 4 is 23.9 Å². The number of aromatic nitrogens is 1. The lowest BCUT2D eigenvalue weighted by molar-refractivity contribution is -0.120. The number of rotatable bonds is 7. The van der Waals surface area contributed by atoms with E-state index in [0.29, 0.717) is 0 Å². The molecule has 5 heteroatoms. The molecule has 1 N–H and O–H groups in total. The summed E-state index contributed by atoms with van der Waals surface area (Å²) in [6.45, 7) is 10.3. The molecule has 0 spiro atoms. The van der Waals surface area contributed by atoms with Crippen LogP contribution >= 0.6 is 11.8 Å². The second kappa shape index (κ2) is 9.81. The molecule has 1 aromatic heterocycles. The van der Waals surface area contributed by atoms with Gasteiger partial charge in [0.05, 0.1) is 11.5 Å². The zero-order chi connectivity index (χ0) is 21.7. The van der Waals surface area contributed by atoms with E-state index in [1.807, 2.05) is 25.1 Å². The van der Waals surface area contributed by atoms with Crippen molar-refractivity contribution in [2.45, 2.75) is 45.6 Å². The van der Waals surface area contributed by atoms with Crippen LogP contribution in [0.2, 0.25) is 0 Å². The molecule has 0 radical (unpaired) electrons. The van der Waals surface area contributed by atoms with Crippen LogP contribution in [0.1, 0.15) is 40.6 Å². The molecule has 0 unspecified atom stereocenters. The van der Waals surface area contributed by atoms with Crippen molar-refractivity contribution in [3.63, 3.8) is 0 Å². The van der Waals surface area contributed by atoms with Gasteiger partial charge in [-0.15, -0.1) is 11.8 Å². The fourth-order valence-corrected chi connectivity index (χ4v) is 4.36. The van der Waals surface area contributed by atoms with Crippen molar-refractivity contribution in [2.75, 3.05) is 0 Å². The van der Waals surface area contributed by atoms with E-state index in [2.05, 4.69) is 79.2 Å². The van der Waals surface area contributed by atoms with Crippen LogP contribution in [0.5, 0.6) is 0 Å². The number of thioether (sulfide) groups is 1. The summed E-state index contributed by atoms with van der Waals surface area (Å²) in [5.74, 6) is 0.714. The second-order valence-electron chi connectivity index (χ2n) is 7.68. The average Bonchev–Trinajstić information content (AvgIpc) is 2.99. The monoisotopic (exact) mass is 419 g/mol. The molecule has 0 aliphatic rings. The third-order valence-electron chi connectivity index (χ3n) is 5.03. The Morgan fingerprint density at radius 1 is 1.07 bits per heavy atom. The number of nitrogens with zero attached hydrogens (tertiary/aromatic N) is 2. The highest BCUT2D eigenvalue weighted by atomic mass is 32.2. The maximum absolute atomic E-state index is 12.4. The highest BCUT2D eigenvalue weighted by molar-refractivity contribution is 7.99. The largest absolute Gasteiger partial charge is 0.318 e. The number of hydrogen-bond acceptors (Lipinski definition) is 3. The Labute approximate surface area is 183 Å². The zero-order valence-corrected chi connectivity index (χ0v) is 19.1. The van der Waals surface area contributed by atoms with E-state index in [1.54, 1.807) is 18.0 Å². The molecule has 2 aromatic carbocycles. The third-order valence-corrected chi connectivity index (χ3v) is 6.24. The normalized spacial score (nSPS) is 12.3. The molecule has 0 fully saturated rings. The first-order valence-electron chi connectivity index (χ1n) is 10.1. The summed E-state index contributed by atoms with van der Waals surface area (Å²) in [6.07, 6.45) is 1.73. The summed E-state index contributed by atoms with van der Waals surface area (Å²) < 4.78 is 2.22. The predicted octanol–water partition coefficient (Wildman–Crippen LogP) is 5.48. The first-order valence-corrected chi connectivity index (χ1v) is 11.2. The SMILES string of the molecule is Cc1cc(C)cc(-n2c(C)cc(/C=N\NC(=O)[C@@H](C)SCc3ccccc3)c2C)c1. The number of nitrogens with one attached hydrogen (secondary N) is 1. The van der Waals surface area contributed by atoms with Crippen LogP contribution in [0.4, 0.5) is 0 Å². The molecule has 0 aliphatic heterocycles. The first-order chi connectivity index (χ1) is 14.3. The Balaban J connectivity index is 1.64. The van der Waals surface area contributed by atoms with Crippen LogP contribution < -0.4 is 5.43 Å². The number of hydrazone groups is 1. The Hall–Kier alpha value is -2.79. The molecule has 0 saturated carbocycles. The highest BCUT2D eigenvalue weighted by Crippen LogP contribution is 2.22. The van der Waals surface area contributed by atoms with E-state index in [-0.39, 0.29) is 11.2 Å². The first kappa shape index (κ1) is 21.9. The number of aryl methyl sites for hydroxylation is 3. The van der Waals surface area contributed by atoms with Gasteiger partial charge in [-0.3, -0.25) is 4.79 Å². The number of amides is 1. The molecule has 1 heterocycles. The van der Waals surface area contributed by atoms with Gasteiger partial charge < -0.3 is 4.57 Å². The van der Waals surface area contributed by atoms with E-state index < -0.39 is 0 Å². The van der Waals surface area contributed by atoms with E-state index in [0.717, 1.165) is 28.4 Å². The standard InChI is InChI=1S/C25H29N3OS/c1-17-11-18(2)13-24(12-17)28-19(3)14-23(20(28)4)15-26-27-25(29)21(5)30-16-22-9-7-6-8-10-22/h6-15,21H,16H2,1-5H3,(H,27,29)/b26-15-/t21-/m1/s1. The molecule has 1 amide bonds. The Morgan fingerprint density at radius 3 is 2.40 bits per heavy atom. The van der Waals surface area contributed by atoms with Gasteiger partial charge in [-0.25, -0.2) is 5.43 Å². The molecule has 1 atom stereocenters. The zero-order valence-electron chi connectivity index (χ0n) is 18.3. The van der Waals surface area contributed by atoms with Crippen LogP contribution in [-0.2, 0) is 10.5 Å². The molecule has 156 valence electrons. The lowest BCUT2D eigenvalue weighted by atomic mass is 10.1. The lowest BCUT2D eigenvalue weighted by Crippen LogP contribution is -2.27. The van der Waals surface area contributed by atoms with Gasteiger partial charge in [-0.05, 0) is 69.5 Å². The average molecular weight is 420 g/mol. The summed E-state index contributed by atoms with van der Waals surface area (Å²) >= 11 is 1.60. The van der Waals surface area contributed by atoms with Gasteiger partial charge in [0.2, 0.25) is 0 Å². The fraction of sp³-hybridized carbons (Fsp3) is 0.280. The van der Waals surface area contributed by atoms with Gasteiger partial charge >= 0.3 is 0 Å². The molecular formula is C25H29N3OS. The highest BCUT2D eigenvalue weighted by Gasteiger charge is 2.13. The van der Waals surface area contributed by atoms with Crippen molar-refractivity contribution in [1.29, 1.82) is 0 Å². The van der Waals surface area contributed by atoms with Crippen LogP contribution in [-0.4, -0.2) is 21.9 Å². The Bertz CT molecular complexity index is 1030. The van der Waals surface area contributed by atoms with Crippen molar-refractivity contribution in [3.8, 4) is 5.69 Å². The minimum Gasteiger partial charge on any atom is -0.318 e. The lowest BCUT2D eigenvalue weighted by Gasteiger charge is -2.12. The third kappa shape index (κ3) is 5.42. The smallest absolute Gasteiger partial charge is 0.252 e. The molecule has 3 rings (SSSR count). The summed E-state index contributed by atoms with van der Waals surface area (Å²) in [6, 6.07) is 18.8. The van der Waals surface area contributed by atoms with Crippen LogP contribution in [0.15, 0.2) is 59.7 Å². The molecular weight excluding hydrogens is 390 g/mol. The van der Waals surface area contributed by atoms with Crippen molar-refractivity contribution in [2.24, 2.45) is 5.10 Å². The Kier molecular flexibility index (Phi) is 7.16. The fourth-order valence-electron chi connectivity index (χ4n) is 3.52. The number of benzene rings is 2. The molecule has 3 aromatic rings. The van der Waals surface area contributed by atoms with Crippen LogP contribution in [0.3, 0.4) is 0 Å². The molecule has 30 heavy (non-hydrogen) atoms. The van der Waals surface area contributed by atoms with Crippen molar-refractivity contribution in [1.82, 2.24) is 9.99 Å². The minimum absolute atomic E-state index is 0.0877. The summed E-state index contributed by atoms with van der Waals surface area (Å²) in [7, 11) is 0. The van der Waals surface area contributed by atoms with E-state index >= 15 is 0 Å². The summed E-state index contributed by atoms with van der Waals surface area (Å²) in [4.78, 5) is 12.4. The van der Waals surface area contributed by atoms with Gasteiger partial charge in [0, 0.05) is 28.4 Å². The Morgan fingerprint density at radius 2 is 1.73 bits per heavy atom. The van der Waals surface area contributed by atoms with Crippen LogP contribution in [0.25, 0.3) is 5.69 Å². The van der Waals surface area contributed by atoms with Gasteiger partial charge in [0.15, 0.2) is 0 Å². The van der Waals surface area contributed by atoms with E-state index in [4.69, 9.17) is 0 Å². The van der Waals surface area contributed by atoms with Crippen molar-refractivity contribution in [3.05, 3.63) is 88.2 Å². The topological polar surface area (TPSA) is 46.4 Å². The molecule has 0 saturated heterocycles. The maximum atomic E-state index is 12.4. The quantitative estimate of drug-likeness (QED) is 0.407. The second-order valence-corrected chi connectivity index (χ2v) is 9.01. The van der Waals surface area contributed by atoms with Gasteiger partial charge in [0.1, 0.15) is 0 Å². The summed E-state index contributed by atoms with van der Waals surface area (Å²) in [5.41, 5.74) is 10.8.